The van der Waals surface area contributed by atoms with Gasteiger partial charge < -0.3 is 14.5 Å². The van der Waals surface area contributed by atoms with Crippen LogP contribution in [0, 0.1) is 0 Å². The lowest BCUT2D eigenvalue weighted by Gasteiger charge is -2.29. The average molecular weight is 417 g/mol. The van der Waals surface area contributed by atoms with Crippen LogP contribution < -0.4 is 20.0 Å². The number of carbonyl (C=O) groups is 1. The van der Waals surface area contributed by atoms with Crippen molar-refractivity contribution in [1.29, 1.82) is 0 Å². The normalized spacial score (nSPS) is 19.6. The molecule has 2 aromatic rings. The monoisotopic (exact) mass is 416 g/mol. The molecule has 1 amide bonds. The first-order valence-corrected chi connectivity index (χ1v) is 10.3. The molecule has 1 heterocycles. The molecule has 0 spiro atoms. The Bertz CT molecular complexity index is 846. The van der Waals surface area contributed by atoms with Crippen molar-refractivity contribution in [2.24, 2.45) is 5.10 Å². The molecular weight excluding hydrogens is 388 g/mol. The van der Waals surface area contributed by atoms with Crippen molar-refractivity contribution < 1.29 is 19.3 Å². The molecule has 2 aromatic carbocycles. The molecule has 3 rings (SSSR count). The number of piperazine rings is 1. The number of methoxy groups -OCH3 is 1. The Morgan fingerprint density at radius 3 is 2.38 bits per heavy atom. The van der Waals surface area contributed by atoms with E-state index in [1.54, 1.807) is 7.11 Å². The molecule has 0 aromatic heterocycles. The fourth-order valence-electron chi connectivity index (χ4n) is 3.53. The molecule has 0 aliphatic carbocycles. The second kappa shape index (κ2) is 10.4. The van der Waals surface area contributed by atoms with Gasteiger partial charge in [0, 0.05) is 10.6 Å². The molecule has 0 saturated carbocycles. The summed E-state index contributed by atoms with van der Waals surface area (Å²) in [6.07, 6.45) is 0. The molecule has 7 heteroatoms. The number of nitrogens with one attached hydrogen (secondary N) is 3. The number of hydrogen-bond acceptors (Lipinski definition) is 3. The number of hydrogen-bond donors (Lipinski definition) is 3. The fourth-order valence-corrected chi connectivity index (χ4v) is 3.73. The summed E-state index contributed by atoms with van der Waals surface area (Å²) < 4.78 is 5.16. The zero-order chi connectivity index (χ0) is 20.6. The molecule has 1 saturated heterocycles. The SMILES string of the molecule is COc1ccc(/C(C)=N\NC(=O)C[NH+]2CC[NH+](Cc3ccccc3Cl)CC2)cc1. The maximum atomic E-state index is 12.3. The first-order chi connectivity index (χ1) is 14.0. The molecule has 154 valence electrons. The largest absolute Gasteiger partial charge is 0.497 e. The van der Waals surface area contributed by atoms with Crippen molar-refractivity contribution >= 4 is 23.2 Å². The predicted octanol–water partition coefficient (Wildman–Crippen LogP) is 0.172. The fraction of sp³-hybridized carbons (Fsp3) is 0.364. The van der Waals surface area contributed by atoms with Crippen LogP contribution in [0.25, 0.3) is 0 Å². The Labute approximate surface area is 177 Å². The maximum absolute atomic E-state index is 12.3. The number of amides is 1. The Hall–Kier alpha value is -2.41. The van der Waals surface area contributed by atoms with Gasteiger partial charge in [-0.25, -0.2) is 5.43 Å². The van der Waals surface area contributed by atoms with Crippen LogP contribution in [-0.2, 0) is 11.3 Å². The van der Waals surface area contributed by atoms with Crippen LogP contribution in [0.15, 0.2) is 53.6 Å². The van der Waals surface area contributed by atoms with Gasteiger partial charge in [-0.2, -0.15) is 5.10 Å². The molecule has 1 aliphatic rings. The summed E-state index contributed by atoms with van der Waals surface area (Å²) in [6.45, 7) is 7.25. The van der Waals surface area contributed by atoms with Gasteiger partial charge in [-0.15, -0.1) is 0 Å². The number of nitrogens with zero attached hydrogens (tertiary/aromatic N) is 1. The van der Waals surface area contributed by atoms with Gasteiger partial charge in [0.05, 0.1) is 12.8 Å². The molecule has 6 nitrogen and oxygen atoms in total. The number of hydrazone groups is 1. The topological polar surface area (TPSA) is 59.6 Å². The first-order valence-electron chi connectivity index (χ1n) is 9.93. The van der Waals surface area contributed by atoms with Crippen LogP contribution in [-0.4, -0.2) is 51.5 Å². The zero-order valence-electron chi connectivity index (χ0n) is 17.0. The number of benzene rings is 2. The molecule has 0 bridgehead atoms. The summed E-state index contributed by atoms with van der Waals surface area (Å²) in [4.78, 5) is 15.1. The van der Waals surface area contributed by atoms with Gasteiger partial charge >= 0.3 is 0 Å². The zero-order valence-corrected chi connectivity index (χ0v) is 17.8. The van der Waals surface area contributed by atoms with Crippen molar-refractivity contribution in [3.05, 3.63) is 64.7 Å². The third-order valence-electron chi connectivity index (χ3n) is 5.33. The van der Waals surface area contributed by atoms with Crippen molar-refractivity contribution in [2.45, 2.75) is 13.5 Å². The first kappa shape index (κ1) is 21.3. The summed E-state index contributed by atoms with van der Waals surface area (Å²) in [6, 6.07) is 15.6. The van der Waals surface area contributed by atoms with E-state index < -0.39 is 0 Å². The highest BCUT2D eigenvalue weighted by Crippen LogP contribution is 2.13. The molecule has 0 atom stereocenters. The van der Waals surface area contributed by atoms with Crippen LogP contribution in [0.4, 0.5) is 0 Å². The molecule has 3 N–H and O–H groups in total. The van der Waals surface area contributed by atoms with Crippen molar-refractivity contribution in [2.75, 3.05) is 39.8 Å². The third kappa shape index (κ3) is 6.29. The molecule has 0 radical (unpaired) electrons. The number of rotatable bonds is 7. The van der Waals surface area contributed by atoms with E-state index in [2.05, 4.69) is 16.6 Å². The van der Waals surface area contributed by atoms with E-state index in [1.807, 2.05) is 49.4 Å². The van der Waals surface area contributed by atoms with Gasteiger partial charge in [-0.05, 0) is 42.8 Å². The highest BCUT2D eigenvalue weighted by atomic mass is 35.5. The lowest BCUT2D eigenvalue weighted by molar-refractivity contribution is -1.02. The predicted molar refractivity (Wildman–Crippen MR) is 115 cm³/mol. The van der Waals surface area contributed by atoms with Gasteiger partial charge in [0.15, 0.2) is 6.54 Å². The smallest absolute Gasteiger partial charge is 0.295 e. The Morgan fingerprint density at radius 2 is 1.72 bits per heavy atom. The van der Waals surface area contributed by atoms with Crippen LogP contribution in [0.5, 0.6) is 5.75 Å². The number of halogens is 1. The van der Waals surface area contributed by atoms with E-state index >= 15 is 0 Å². The average Bonchev–Trinajstić information content (AvgIpc) is 2.75. The minimum atomic E-state index is -0.0533. The molecular formula is C22H29ClN4O2+2. The Morgan fingerprint density at radius 1 is 1.07 bits per heavy atom. The second-order valence-electron chi connectivity index (χ2n) is 7.41. The van der Waals surface area contributed by atoms with Crippen LogP contribution in [0.3, 0.4) is 0 Å². The van der Waals surface area contributed by atoms with Gasteiger partial charge in [0.2, 0.25) is 0 Å². The third-order valence-corrected chi connectivity index (χ3v) is 5.70. The summed E-state index contributed by atoms with van der Waals surface area (Å²) in [5.41, 5.74) is 5.60. The Kier molecular flexibility index (Phi) is 7.63. The van der Waals surface area contributed by atoms with Gasteiger partial charge in [0.1, 0.15) is 38.5 Å². The molecule has 29 heavy (non-hydrogen) atoms. The standard InChI is InChI=1S/C22H27ClN4O2/c1-17(18-7-9-20(29-2)10-8-18)24-25-22(28)16-27-13-11-26(12-14-27)15-19-5-3-4-6-21(19)23/h3-10H,11-16H2,1-2H3,(H,25,28)/p+2/b24-17-. The van der Waals surface area contributed by atoms with E-state index in [4.69, 9.17) is 16.3 Å². The minimum absolute atomic E-state index is 0.0533. The van der Waals surface area contributed by atoms with Crippen LogP contribution >= 0.6 is 11.6 Å². The highest BCUT2D eigenvalue weighted by molar-refractivity contribution is 6.31. The highest BCUT2D eigenvalue weighted by Gasteiger charge is 2.25. The van der Waals surface area contributed by atoms with E-state index in [0.717, 1.165) is 54.8 Å². The van der Waals surface area contributed by atoms with Gasteiger partial charge in [-0.1, -0.05) is 29.8 Å². The van der Waals surface area contributed by atoms with Crippen molar-refractivity contribution in [3.63, 3.8) is 0 Å². The molecule has 1 aliphatic heterocycles. The number of carbonyl (C=O) groups excluding carboxylic acids is 1. The van der Waals surface area contributed by atoms with E-state index in [1.165, 1.54) is 15.4 Å². The molecule has 0 unspecified atom stereocenters. The van der Waals surface area contributed by atoms with Gasteiger partial charge in [-0.3, -0.25) is 4.79 Å². The van der Waals surface area contributed by atoms with E-state index in [-0.39, 0.29) is 5.91 Å². The Balaban J connectivity index is 1.42. The van der Waals surface area contributed by atoms with Crippen LogP contribution in [0.1, 0.15) is 18.1 Å². The molecule has 1 fully saturated rings. The lowest BCUT2D eigenvalue weighted by atomic mass is 10.1. The van der Waals surface area contributed by atoms with Gasteiger partial charge in [0.25, 0.3) is 5.91 Å². The van der Waals surface area contributed by atoms with E-state index in [0.29, 0.717) is 6.54 Å². The summed E-state index contributed by atoms with van der Waals surface area (Å²) in [5, 5.41) is 5.07. The summed E-state index contributed by atoms with van der Waals surface area (Å²) >= 11 is 6.27. The van der Waals surface area contributed by atoms with Crippen molar-refractivity contribution in [3.8, 4) is 5.75 Å². The van der Waals surface area contributed by atoms with Crippen LogP contribution in [0.2, 0.25) is 5.02 Å². The number of ether oxygens (including phenoxy) is 1. The quantitative estimate of drug-likeness (QED) is 0.445. The summed E-state index contributed by atoms with van der Waals surface area (Å²) in [7, 11) is 1.64. The number of quaternary nitrogens is 2. The summed E-state index contributed by atoms with van der Waals surface area (Å²) in [5.74, 6) is 0.743. The van der Waals surface area contributed by atoms with E-state index in [9.17, 15) is 4.79 Å². The van der Waals surface area contributed by atoms with Crippen molar-refractivity contribution in [1.82, 2.24) is 5.43 Å². The minimum Gasteiger partial charge on any atom is -0.497 e. The second-order valence-corrected chi connectivity index (χ2v) is 7.81. The maximum Gasteiger partial charge on any atom is 0.295 e. The lowest BCUT2D eigenvalue weighted by Crippen LogP contribution is -3.28.